The average molecular weight is 227 g/mol. The van der Waals surface area contributed by atoms with Crippen molar-refractivity contribution >= 4 is 11.9 Å². The van der Waals surface area contributed by atoms with E-state index in [4.69, 9.17) is 5.11 Å². The van der Waals surface area contributed by atoms with Gasteiger partial charge in [0.2, 0.25) is 5.91 Å². The fourth-order valence-corrected chi connectivity index (χ4v) is 1.97. The number of rotatable bonds is 2. The highest BCUT2D eigenvalue weighted by molar-refractivity contribution is 5.78. The molecule has 0 aromatic rings. The Balaban J connectivity index is 2.54. The molecule has 1 heterocycles. The molecule has 0 aliphatic carbocycles. The zero-order chi connectivity index (χ0) is 12.3. The SMILES string of the molecule is CC(C)(C)CC(=O)N1CCC[C@@H](C(=O)O)C1. The molecule has 1 rings (SSSR count). The number of likely N-dealkylation sites (tertiary alicyclic amines) is 1. The first-order chi connectivity index (χ1) is 7.29. The van der Waals surface area contributed by atoms with Gasteiger partial charge in [0.05, 0.1) is 5.92 Å². The maximum Gasteiger partial charge on any atom is 0.308 e. The number of carbonyl (C=O) groups excluding carboxylic acids is 1. The molecule has 1 N–H and O–H groups in total. The number of aliphatic carboxylic acids is 1. The summed E-state index contributed by atoms with van der Waals surface area (Å²) in [7, 11) is 0. The highest BCUT2D eigenvalue weighted by Crippen LogP contribution is 2.23. The van der Waals surface area contributed by atoms with Crippen LogP contribution in [0.4, 0.5) is 0 Å². The molecular weight excluding hydrogens is 206 g/mol. The van der Waals surface area contributed by atoms with Crippen molar-refractivity contribution in [2.75, 3.05) is 13.1 Å². The van der Waals surface area contributed by atoms with Gasteiger partial charge in [-0.15, -0.1) is 0 Å². The molecule has 4 heteroatoms. The molecule has 0 aromatic heterocycles. The predicted octanol–water partition coefficient (Wildman–Crippen LogP) is 1.75. The average Bonchev–Trinajstić information content (AvgIpc) is 2.15. The summed E-state index contributed by atoms with van der Waals surface area (Å²) >= 11 is 0. The van der Waals surface area contributed by atoms with Crippen molar-refractivity contribution < 1.29 is 14.7 Å². The maximum atomic E-state index is 11.9. The Hall–Kier alpha value is -1.06. The minimum Gasteiger partial charge on any atom is -0.481 e. The first kappa shape index (κ1) is 13.0. The van der Waals surface area contributed by atoms with Crippen LogP contribution in [0, 0.1) is 11.3 Å². The maximum absolute atomic E-state index is 11.9. The van der Waals surface area contributed by atoms with Gasteiger partial charge >= 0.3 is 5.97 Å². The summed E-state index contributed by atoms with van der Waals surface area (Å²) in [6, 6.07) is 0. The Morgan fingerprint density at radius 1 is 1.38 bits per heavy atom. The second kappa shape index (κ2) is 4.85. The number of carboxylic acids is 1. The van der Waals surface area contributed by atoms with Crippen LogP contribution in [0.15, 0.2) is 0 Å². The zero-order valence-corrected chi connectivity index (χ0v) is 10.3. The molecule has 1 amide bonds. The van der Waals surface area contributed by atoms with Crippen molar-refractivity contribution in [1.29, 1.82) is 0 Å². The van der Waals surface area contributed by atoms with Crippen molar-refractivity contribution in [2.45, 2.75) is 40.0 Å². The molecule has 0 bridgehead atoms. The monoisotopic (exact) mass is 227 g/mol. The van der Waals surface area contributed by atoms with E-state index in [0.29, 0.717) is 25.9 Å². The number of nitrogens with zero attached hydrogens (tertiary/aromatic N) is 1. The number of carbonyl (C=O) groups is 2. The molecule has 4 nitrogen and oxygen atoms in total. The third-order valence-electron chi connectivity index (χ3n) is 2.80. The number of hydrogen-bond donors (Lipinski definition) is 1. The summed E-state index contributed by atoms with van der Waals surface area (Å²) < 4.78 is 0. The molecule has 1 saturated heterocycles. The van der Waals surface area contributed by atoms with Crippen molar-refractivity contribution in [3.05, 3.63) is 0 Å². The summed E-state index contributed by atoms with van der Waals surface area (Å²) in [6.45, 7) is 7.14. The third-order valence-corrected chi connectivity index (χ3v) is 2.80. The predicted molar refractivity (Wildman–Crippen MR) is 61.0 cm³/mol. The van der Waals surface area contributed by atoms with Gasteiger partial charge in [0.25, 0.3) is 0 Å². The minimum absolute atomic E-state index is 0.0345. The quantitative estimate of drug-likeness (QED) is 0.781. The second-order valence-corrected chi connectivity index (χ2v) is 5.75. The molecule has 0 radical (unpaired) electrons. The minimum atomic E-state index is -0.784. The van der Waals surface area contributed by atoms with Gasteiger partial charge in [-0.3, -0.25) is 9.59 Å². The van der Waals surface area contributed by atoms with Crippen molar-refractivity contribution in [1.82, 2.24) is 4.90 Å². The standard InChI is InChI=1S/C12H21NO3/c1-12(2,3)7-10(14)13-6-4-5-9(8-13)11(15)16/h9H,4-8H2,1-3H3,(H,15,16)/t9-/m1/s1. The molecule has 16 heavy (non-hydrogen) atoms. The van der Waals surface area contributed by atoms with E-state index < -0.39 is 5.97 Å². The lowest BCUT2D eigenvalue weighted by Gasteiger charge is -2.32. The third kappa shape index (κ3) is 3.83. The zero-order valence-electron chi connectivity index (χ0n) is 10.3. The highest BCUT2D eigenvalue weighted by Gasteiger charge is 2.29. The Labute approximate surface area is 96.6 Å². The molecule has 1 aliphatic rings. The van der Waals surface area contributed by atoms with Crippen molar-refractivity contribution in [2.24, 2.45) is 11.3 Å². The van der Waals surface area contributed by atoms with Gasteiger partial charge in [0.1, 0.15) is 0 Å². The highest BCUT2D eigenvalue weighted by atomic mass is 16.4. The number of hydrogen-bond acceptors (Lipinski definition) is 2. The second-order valence-electron chi connectivity index (χ2n) is 5.75. The van der Waals surface area contributed by atoms with Crippen LogP contribution < -0.4 is 0 Å². The van der Waals surface area contributed by atoms with Crippen molar-refractivity contribution in [3.8, 4) is 0 Å². The van der Waals surface area contributed by atoms with Gasteiger partial charge in [0.15, 0.2) is 0 Å². The summed E-state index contributed by atoms with van der Waals surface area (Å²) in [5.74, 6) is -1.08. The smallest absolute Gasteiger partial charge is 0.308 e. The van der Waals surface area contributed by atoms with E-state index in [1.807, 2.05) is 20.8 Å². The number of carboxylic acid groups (broad SMARTS) is 1. The van der Waals surface area contributed by atoms with Crippen LogP contribution in [-0.2, 0) is 9.59 Å². The van der Waals surface area contributed by atoms with E-state index in [1.54, 1.807) is 4.90 Å². The van der Waals surface area contributed by atoms with E-state index in [1.165, 1.54) is 0 Å². The van der Waals surface area contributed by atoms with E-state index in [9.17, 15) is 9.59 Å². The number of piperidine rings is 1. The molecule has 1 aliphatic heterocycles. The van der Waals surface area contributed by atoms with Gasteiger partial charge in [-0.1, -0.05) is 20.8 Å². The molecule has 1 atom stereocenters. The molecule has 92 valence electrons. The first-order valence-corrected chi connectivity index (χ1v) is 5.80. The fourth-order valence-electron chi connectivity index (χ4n) is 1.97. The molecule has 0 spiro atoms. The van der Waals surface area contributed by atoms with Gasteiger partial charge < -0.3 is 10.0 Å². The first-order valence-electron chi connectivity index (χ1n) is 5.80. The summed E-state index contributed by atoms with van der Waals surface area (Å²) in [5, 5.41) is 8.93. The van der Waals surface area contributed by atoms with Crippen LogP contribution in [-0.4, -0.2) is 35.0 Å². The van der Waals surface area contributed by atoms with Crippen LogP contribution in [0.2, 0.25) is 0 Å². The van der Waals surface area contributed by atoms with Gasteiger partial charge in [-0.05, 0) is 18.3 Å². The van der Waals surface area contributed by atoms with E-state index in [2.05, 4.69) is 0 Å². The van der Waals surface area contributed by atoms with Crippen LogP contribution in [0.25, 0.3) is 0 Å². The van der Waals surface area contributed by atoms with Crippen LogP contribution in [0.5, 0.6) is 0 Å². The van der Waals surface area contributed by atoms with Gasteiger partial charge in [-0.2, -0.15) is 0 Å². The largest absolute Gasteiger partial charge is 0.481 e. The van der Waals surface area contributed by atoms with Crippen LogP contribution in [0.1, 0.15) is 40.0 Å². The Kier molecular flexibility index (Phi) is 3.94. The fraction of sp³-hybridized carbons (Fsp3) is 0.833. The topological polar surface area (TPSA) is 57.6 Å². The van der Waals surface area contributed by atoms with Gasteiger partial charge in [0, 0.05) is 19.5 Å². The summed E-state index contributed by atoms with van der Waals surface area (Å²) in [6.07, 6.45) is 1.97. The van der Waals surface area contributed by atoms with E-state index >= 15 is 0 Å². The molecule has 0 aromatic carbocycles. The Morgan fingerprint density at radius 3 is 2.50 bits per heavy atom. The molecule has 1 fully saturated rings. The van der Waals surface area contributed by atoms with Crippen LogP contribution >= 0.6 is 0 Å². The molecule has 0 unspecified atom stereocenters. The van der Waals surface area contributed by atoms with Crippen LogP contribution in [0.3, 0.4) is 0 Å². The lowest BCUT2D eigenvalue weighted by atomic mass is 9.90. The van der Waals surface area contributed by atoms with E-state index in [-0.39, 0.29) is 17.2 Å². The lowest BCUT2D eigenvalue weighted by molar-refractivity contribution is -0.146. The normalized spacial score (nSPS) is 21.9. The summed E-state index contributed by atoms with van der Waals surface area (Å²) in [4.78, 5) is 24.5. The van der Waals surface area contributed by atoms with E-state index in [0.717, 1.165) is 6.42 Å². The number of amides is 1. The van der Waals surface area contributed by atoms with Crippen molar-refractivity contribution in [3.63, 3.8) is 0 Å². The lowest BCUT2D eigenvalue weighted by Crippen LogP contribution is -2.43. The Bertz CT molecular complexity index is 280. The molecule has 0 saturated carbocycles. The Morgan fingerprint density at radius 2 is 2.00 bits per heavy atom. The molecular formula is C12H21NO3. The summed E-state index contributed by atoms with van der Waals surface area (Å²) in [5.41, 5.74) is -0.0345. The van der Waals surface area contributed by atoms with Gasteiger partial charge in [-0.25, -0.2) is 0 Å².